The van der Waals surface area contributed by atoms with Gasteiger partial charge in [0.05, 0.1) is 0 Å². The molecule has 1 N–H and O–H groups in total. The van der Waals surface area contributed by atoms with Crippen molar-refractivity contribution in [3.8, 4) is 5.75 Å². The molecule has 0 saturated carbocycles. The van der Waals surface area contributed by atoms with E-state index in [1.54, 1.807) is 24.3 Å². The molecule has 1 aromatic carbocycles. The predicted molar refractivity (Wildman–Crippen MR) is 54.9 cm³/mol. The number of ether oxygens (including phenoxy) is 1. The van der Waals surface area contributed by atoms with Crippen LogP contribution in [0.1, 0.15) is 0 Å². The van der Waals surface area contributed by atoms with E-state index in [-0.39, 0.29) is 5.75 Å². The summed E-state index contributed by atoms with van der Waals surface area (Å²) < 4.78 is 17.5. The Kier molecular flexibility index (Phi) is 2.68. The highest BCUT2D eigenvalue weighted by molar-refractivity contribution is 5.84. The van der Waals surface area contributed by atoms with Gasteiger partial charge in [-0.25, -0.2) is 4.79 Å². The number of para-hydroxylation sites is 1. The minimum atomic E-state index is -2.38. The predicted octanol–water partition coefficient (Wildman–Crippen LogP) is 1.99. The molecular weight excluding hydrogens is 213 g/mol. The van der Waals surface area contributed by atoms with Crippen LogP contribution in [0.2, 0.25) is 0 Å². The highest BCUT2D eigenvalue weighted by Gasteiger charge is 2.18. The molecule has 4 nitrogen and oxygen atoms in total. The lowest BCUT2D eigenvalue weighted by atomic mass is 10.2. The summed E-state index contributed by atoms with van der Waals surface area (Å²) in [4.78, 5) is 14.3. The van der Waals surface area contributed by atoms with Crippen LogP contribution in [0.4, 0.5) is 4.39 Å². The van der Waals surface area contributed by atoms with E-state index < -0.39 is 12.3 Å². The van der Waals surface area contributed by atoms with Gasteiger partial charge in [-0.15, -0.1) is 0 Å². The van der Waals surface area contributed by atoms with E-state index in [0.717, 1.165) is 5.39 Å². The summed E-state index contributed by atoms with van der Waals surface area (Å²) in [5.74, 6) is -1.54. The molecule has 82 valence electrons. The maximum Gasteiger partial charge on any atom is 0.378 e. The normalized spacial score (nSPS) is 12.3. The van der Waals surface area contributed by atoms with E-state index in [9.17, 15) is 9.18 Å². The van der Waals surface area contributed by atoms with Gasteiger partial charge in [-0.2, -0.15) is 4.39 Å². The van der Waals surface area contributed by atoms with Gasteiger partial charge in [0.1, 0.15) is 11.3 Å². The third kappa shape index (κ3) is 1.93. The van der Waals surface area contributed by atoms with Crippen molar-refractivity contribution in [3.63, 3.8) is 0 Å². The summed E-state index contributed by atoms with van der Waals surface area (Å²) in [6.45, 7) is 0. The zero-order valence-corrected chi connectivity index (χ0v) is 8.13. The van der Waals surface area contributed by atoms with Gasteiger partial charge >= 0.3 is 12.3 Å². The van der Waals surface area contributed by atoms with E-state index in [4.69, 9.17) is 5.11 Å². The molecule has 0 bridgehead atoms. The fourth-order valence-electron chi connectivity index (χ4n) is 1.33. The summed E-state index contributed by atoms with van der Waals surface area (Å²) >= 11 is 0. The van der Waals surface area contributed by atoms with Crippen LogP contribution in [-0.4, -0.2) is 22.4 Å². The van der Waals surface area contributed by atoms with Crippen LogP contribution in [0.3, 0.4) is 0 Å². The van der Waals surface area contributed by atoms with Crippen molar-refractivity contribution in [2.24, 2.45) is 0 Å². The van der Waals surface area contributed by atoms with Crippen molar-refractivity contribution in [3.05, 3.63) is 36.5 Å². The molecule has 0 fully saturated rings. The lowest BCUT2D eigenvalue weighted by molar-refractivity contribution is -0.153. The fraction of sp³-hybridized carbons (Fsp3) is 0.0909. The molecule has 0 spiro atoms. The SMILES string of the molecule is O=C(O)C(F)Oc1cccc2cccnc12. The Bertz CT molecular complexity index is 524. The average Bonchev–Trinajstić information content (AvgIpc) is 2.29. The second kappa shape index (κ2) is 4.14. The largest absolute Gasteiger partial charge is 0.476 e. The van der Waals surface area contributed by atoms with Gasteiger partial charge in [0.2, 0.25) is 0 Å². The van der Waals surface area contributed by atoms with Gasteiger partial charge in [-0.3, -0.25) is 4.98 Å². The Morgan fingerprint density at radius 2 is 2.12 bits per heavy atom. The summed E-state index contributed by atoms with van der Waals surface area (Å²) in [6.07, 6.45) is -0.851. The smallest absolute Gasteiger partial charge is 0.378 e. The maximum atomic E-state index is 12.9. The number of nitrogens with zero attached hydrogens (tertiary/aromatic N) is 1. The van der Waals surface area contributed by atoms with Gasteiger partial charge in [-0.1, -0.05) is 18.2 Å². The molecule has 0 aliphatic carbocycles. The first kappa shape index (κ1) is 10.4. The van der Waals surface area contributed by atoms with Crippen molar-refractivity contribution in [2.45, 2.75) is 6.36 Å². The Morgan fingerprint density at radius 3 is 2.88 bits per heavy atom. The maximum absolute atomic E-state index is 12.9. The molecular formula is C11H8FNO3. The van der Waals surface area contributed by atoms with Crippen LogP contribution in [-0.2, 0) is 4.79 Å². The molecule has 0 amide bonds. The highest BCUT2D eigenvalue weighted by atomic mass is 19.1. The minimum Gasteiger partial charge on any atom is -0.476 e. The second-order valence-electron chi connectivity index (χ2n) is 3.10. The van der Waals surface area contributed by atoms with Gasteiger partial charge in [0.25, 0.3) is 0 Å². The molecule has 5 heteroatoms. The zero-order valence-electron chi connectivity index (χ0n) is 8.13. The summed E-state index contributed by atoms with van der Waals surface area (Å²) in [5.41, 5.74) is 0.439. The number of fused-ring (bicyclic) bond motifs is 1. The van der Waals surface area contributed by atoms with E-state index in [1.165, 1.54) is 12.3 Å². The number of carboxylic acids is 1. The number of hydrogen-bond donors (Lipinski definition) is 1. The molecule has 0 saturated heterocycles. The van der Waals surface area contributed by atoms with Crippen LogP contribution in [0.5, 0.6) is 5.75 Å². The topological polar surface area (TPSA) is 59.4 Å². The molecule has 1 unspecified atom stereocenters. The number of carboxylic acid groups (broad SMARTS) is 1. The van der Waals surface area contributed by atoms with E-state index in [2.05, 4.69) is 9.72 Å². The van der Waals surface area contributed by atoms with E-state index in [0.29, 0.717) is 5.52 Å². The third-order valence-electron chi connectivity index (χ3n) is 2.02. The first-order chi connectivity index (χ1) is 7.68. The Labute approximate surface area is 90.3 Å². The molecule has 1 heterocycles. The number of aliphatic carboxylic acids is 1. The highest BCUT2D eigenvalue weighted by Crippen LogP contribution is 2.24. The first-order valence-electron chi connectivity index (χ1n) is 4.56. The van der Waals surface area contributed by atoms with Crippen LogP contribution in [0.25, 0.3) is 10.9 Å². The van der Waals surface area contributed by atoms with E-state index >= 15 is 0 Å². The van der Waals surface area contributed by atoms with Crippen molar-refractivity contribution in [1.29, 1.82) is 0 Å². The van der Waals surface area contributed by atoms with Crippen molar-refractivity contribution >= 4 is 16.9 Å². The van der Waals surface area contributed by atoms with Gasteiger partial charge < -0.3 is 9.84 Å². The van der Waals surface area contributed by atoms with Crippen LogP contribution in [0, 0.1) is 0 Å². The average molecular weight is 221 g/mol. The molecule has 16 heavy (non-hydrogen) atoms. The van der Waals surface area contributed by atoms with Gasteiger partial charge in [0.15, 0.2) is 0 Å². The number of benzene rings is 1. The summed E-state index contributed by atoms with van der Waals surface area (Å²) in [6, 6.07) is 8.42. The minimum absolute atomic E-state index is 0.119. The molecule has 0 radical (unpaired) electrons. The first-order valence-corrected chi connectivity index (χ1v) is 4.56. The molecule has 1 aromatic heterocycles. The molecule has 2 rings (SSSR count). The van der Waals surface area contributed by atoms with Crippen molar-refractivity contribution < 1.29 is 19.0 Å². The molecule has 0 aliphatic heterocycles. The lowest BCUT2D eigenvalue weighted by Gasteiger charge is -2.09. The van der Waals surface area contributed by atoms with Gasteiger partial charge in [0, 0.05) is 11.6 Å². The number of halogens is 1. The lowest BCUT2D eigenvalue weighted by Crippen LogP contribution is -2.21. The fourth-order valence-corrected chi connectivity index (χ4v) is 1.33. The van der Waals surface area contributed by atoms with Crippen molar-refractivity contribution in [2.75, 3.05) is 0 Å². The Balaban J connectivity index is 2.41. The third-order valence-corrected chi connectivity index (χ3v) is 2.02. The standard InChI is InChI=1S/C11H8FNO3/c12-10(11(14)15)16-8-5-1-3-7-4-2-6-13-9(7)8/h1-6,10H,(H,14,15). The van der Waals surface area contributed by atoms with Gasteiger partial charge in [-0.05, 0) is 12.1 Å². The number of rotatable bonds is 3. The number of alkyl halides is 1. The number of aromatic nitrogens is 1. The number of carbonyl (C=O) groups is 1. The Morgan fingerprint density at radius 1 is 1.38 bits per heavy atom. The quantitative estimate of drug-likeness (QED) is 0.861. The molecule has 1 atom stereocenters. The van der Waals surface area contributed by atoms with E-state index in [1.807, 2.05) is 0 Å². The number of hydrogen-bond acceptors (Lipinski definition) is 3. The second-order valence-corrected chi connectivity index (χ2v) is 3.10. The zero-order chi connectivity index (χ0) is 11.5. The van der Waals surface area contributed by atoms with Crippen LogP contribution >= 0.6 is 0 Å². The number of pyridine rings is 1. The molecule has 0 aliphatic rings. The monoisotopic (exact) mass is 221 g/mol. The van der Waals surface area contributed by atoms with Crippen molar-refractivity contribution in [1.82, 2.24) is 4.98 Å². The van der Waals surface area contributed by atoms with Crippen LogP contribution < -0.4 is 4.74 Å². The Hall–Kier alpha value is -2.17. The molecule has 2 aromatic rings. The summed E-state index contributed by atoms with van der Waals surface area (Å²) in [7, 11) is 0. The van der Waals surface area contributed by atoms with Crippen LogP contribution in [0.15, 0.2) is 36.5 Å². The summed E-state index contributed by atoms with van der Waals surface area (Å²) in [5, 5.41) is 9.16.